The van der Waals surface area contributed by atoms with E-state index in [1.54, 1.807) is 6.07 Å². The Morgan fingerprint density at radius 1 is 1.22 bits per heavy atom. The van der Waals surface area contributed by atoms with Crippen molar-refractivity contribution >= 4 is 10.1 Å². The van der Waals surface area contributed by atoms with Gasteiger partial charge in [0.05, 0.1) is 17.6 Å². The molecule has 1 aliphatic rings. The van der Waals surface area contributed by atoms with E-state index in [2.05, 4.69) is 14.4 Å². The van der Waals surface area contributed by atoms with Crippen LogP contribution in [0.25, 0.3) is 0 Å². The number of nitrogens with zero attached hydrogens (tertiary/aromatic N) is 2. The largest absolute Gasteiger partial charge is 0.264 e. The summed E-state index contributed by atoms with van der Waals surface area (Å²) < 4.78 is 26.4. The third-order valence-corrected chi connectivity index (χ3v) is 3.73. The maximum atomic E-state index is 10.8. The van der Waals surface area contributed by atoms with Crippen LogP contribution in [0.3, 0.4) is 0 Å². The molecule has 18 heavy (non-hydrogen) atoms. The van der Waals surface area contributed by atoms with E-state index in [4.69, 9.17) is 0 Å². The second-order valence-electron chi connectivity index (χ2n) is 4.75. The zero-order valence-electron chi connectivity index (χ0n) is 10.5. The second-order valence-corrected chi connectivity index (χ2v) is 6.39. The van der Waals surface area contributed by atoms with Gasteiger partial charge < -0.3 is 0 Å². The summed E-state index contributed by atoms with van der Waals surface area (Å²) in [6.45, 7) is -0.0449. The van der Waals surface area contributed by atoms with Crippen LogP contribution in [0.2, 0.25) is 0 Å². The van der Waals surface area contributed by atoms with Crippen molar-refractivity contribution in [3.63, 3.8) is 0 Å². The first-order valence-corrected chi connectivity index (χ1v) is 8.03. The van der Waals surface area contributed by atoms with Crippen molar-refractivity contribution in [1.29, 1.82) is 0 Å². The summed E-state index contributed by atoms with van der Waals surface area (Å²) in [6.07, 6.45) is 7.19. The fourth-order valence-corrected chi connectivity index (χ4v) is 2.57. The minimum Gasteiger partial charge on any atom is -0.264 e. The lowest BCUT2D eigenvalue weighted by atomic mass is 9.87. The fraction of sp³-hybridized carbons (Fsp3) is 0.667. The van der Waals surface area contributed by atoms with Crippen LogP contribution in [-0.4, -0.2) is 24.9 Å². The summed E-state index contributed by atoms with van der Waals surface area (Å²) in [5, 5.41) is 8.20. The Morgan fingerprint density at radius 3 is 2.50 bits per heavy atom. The summed E-state index contributed by atoms with van der Waals surface area (Å²) in [5.74, 6) is 0.510. The van der Waals surface area contributed by atoms with Crippen molar-refractivity contribution in [1.82, 2.24) is 10.2 Å². The molecule has 6 heteroatoms. The molecule has 0 bridgehead atoms. The number of aromatic nitrogens is 2. The average Bonchev–Trinajstić information content (AvgIpc) is 2.37. The zero-order chi connectivity index (χ0) is 13.0. The van der Waals surface area contributed by atoms with Crippen LogP contribution in [-0.2, 0) is 20.9 Å². The Balaban J connectivity index is 1.96. The number of hydrogen-bond donors (Lipinski definition) is 0. The minimum atomic E-state index is -3.42. The van der Waals surface area contributed by atoms with Gasteiger partial charge in [0.2, 0.25) is 0 Å². The molecule has 1 aromatic rings. The Labute approximate surface area is 108 Å². The number of rotatable bonds is 4. The summed E-state index contributed by atoms with van der Waals surface area (Å²) in [6, 6.07) is 3.73. The van der Waals surface area contributed by atoms with Gasteiger partial charge in [0.25, 0.3) is 10.1 Å². The Morgan fingerprint density at radius 2 is 1.94 bits per heavy atom. The molecule has 1 saturated carbocycles. The van der Waals surface area contributed by atoms with E-state index in [1.165, 1.54) is 32.1 Å². The van der Waals surface area contributed by atoms with Crippen LogP contribution in [0.4, 0.5) is 0 Å². The predicted molar refractivity (Wildman–Crippen MR) is 67.5 cm³/mol. The summed E-state index contributed by atoms with van der Waals surface area (Å²) in [5.41, 5.74) is 1.55. The third-order valence-electron chi connectivity index (χ3n) is 3.18. The first-order chi connectivity index (χ1) is 8.54. The second kappa shape index (κ2) is 5.75. The normalized spacial score (nSPS) is 17.8. The summed E-state index contributed by atoms with van der Waals surface area (Å²) in [4.78, 5) is 0. The molecule has 0 radical (unpaired) electrons. The number of hydrogen-bond acceptors (Lipinski definition) is 5. The van der Waals surface area contributed by atoms with Gasteiger partial charge in [-0.15, -0.1) is 0 Å². The third kappa shape index (κ3) is 4.03. The van der Waals surface area contributed by atoms with Gasteiger partial charge >= 0.3 is 0 Å². The van der Waals surface area contributed by atoms with E-state index in [-0.39, 0.29) is 6.61 Å². The van der Waals surface area contributed by atoms with Gasteiger partial charge in [-0.1, -0.05) is 19.3 Å². The van der Waals surface area contributed by atoms with Gasteiger partial charge in [-0.3, -0.25) is 4.18 Å². The van der Waals surface area contributed by atoms with Gasteiger partial charge in [-0.2, -0.15) is 18.6 Å². The molecule has 1 aliphatic carbocycles. The fourth-order valence-electron chi connectivity index (χ4n) is 2.23. The van der Waals surface area contributed by atoms with Crippen LogP contribution in [0.1, 0.15) is 49.4 Å². The van der Waals surface area contributed by atoms with Crippen molar-refractivity contribution < 1.29 is 12.6 Å². The molecule has 2 rings (SSSR count). The predicted octanol–water partition coefficient (Wildman–Crippen LogP) is 2.00. The lowest BCUT2D eigenvalue weighted by molar-refractivity contribution is 0.305. The van der Waals surface area contributed by atoms with E-state index in [0.29, 0.717) is 11.6 Å². The molecular formula is C12H18N2O3S. The van der Waals surface area contributed by atoms with Crippen LogP contribution < -0.4 is 0 Å². The highest BCUT2D eigenvalue weighted by molar-refractivity contribution is 7.85. The highest BCUT2D eigenvalue weighted by Crippen LogP contribution is 2.31. The van der Waals surface area contributed by atoms with Crippen LogP contribution >= 0.6 is 0 Å². The molecule has 1 aromatic heterocycles. The molecule has 0 spiro atoms. The standard InChI is InChI=1S/C12H18N2O3S/c1-18(15,16)17-9-11-7-8-12(14-13-11)10-5-3-2-4-6-10/h7-8,10H,2-6,9H2,1H3. The highest BCUT2D eigenvalue weighted by atomic mass is 32.2. The van der Waals surface area contributed by atoms with Gasteiger partial charge in [-0.05, 0) is 25.0 Å². The first-order valence-electron chi connectivity index (χ1n) is 6.21. The van der Waals surface area contributed by atoms with Crippen molar-refractivity contribution in [3.8, 4) is 0 Å². The molecule has 0 unspecified atom stereocenters. The molecule has 0 aliphatic heterocycles. The maximum absolute atomic E-state index is 10.8. The molecule has 100 valence electrons. The molecule has 1 fully saturated rings. The smallest absolute Gasteiger partial charge is 0.264 e. The highest BCUT2D eigenvalue weighted by Gasteiger charge is 2.17. The summed E-state index contributed by atoms with van der Waals surface area (Å²) in [7, 11) is -3.42. The molecule has 0 amide bonds. The molecule has 5 nitrogen and oxygen atoms in total. The molecule has 1 heterocycles. The van der Waals surface area contributed by atoms with Crippen molar-refractivity contribution in [2.45, 2.75) is 44.6 Å². The van der Waals surface area contributed by atoms with Crippen molar-refractivity contribution in [2.75, 3.05) is 6.26 Å². The SMILES string of the molecule is CS(=O)(=O)OCc1ccc(C2CCCCC2)nn1. The monoisotopic (exact) mass is 270 g/mol. The van der Waals surface area contributed by atoms with E-state index in [9.17, 15) is 8.42 Å². The topological polar surface area (TPSA) is 69.2 Å². The van der Waals surface area contributed by atoms with Gasteiger partial charge in [0, 0.05) is 5.92 Å². The van der Waals surface area contributed by atoms with Gasteiger partial charge in [-0.25, -0.2) is 0 Å². The Kier molecular flexibility index (Phi) is 4.29. The summed E-state index contributed by atoms with van der Waals surface area (Å²) >= 11 is 0. The van der Waals surface area contributed by atoms with E-state index < -0.39 is 10.1 Å². The van der Waals surface area contributed by atoms with E-state index in [0.717, 1.165) is 11.9 Å². The minimum absolute atomic E-state index is 0.0449. The lowest BCUT2D eigenvalue weighted by Crippen LogP contribution is -2.09. The Bertz CT molecular complexity index is 479. The van der Waals surface area contributed by atoms with Gasteiger partial charge in [0.15, 0.2) is 0 Å². The van der Waals surface area contributed by atoms with Crippen LogP contribution in [0, 0.1) is 0 Å². The van der Waals surface area contributed by atoms with Crippen LogP contribution in [0.15, 0.2) is 12.1 Å². The quantitative estimate of drug-likeness (QED) is 0.783. The van der Waals surface area contributed by atoms with Crippen molar-refractivity contribution in [2.24, 2.45) is 0 Å². The first kappa shape index (κ1) is 13.4. The maximum Gasteiger partial charge on any atom is 0.264 e. The molecule has 0 atom stereocenters. The lowest BCUT2D eigenvalue weighted by Gasteiger charge is -2.20. The molecule has 0 saturated heterocycles. The van der Waals surface area contributed by atoms with Crippen molar-refractivity contribution in [3.05, 3.63) is 23.5 Å². The van der Waals surface area contributed by atoms with Crippen LogP contribution in [0.5, 0.6) is 0 Å². The molecule has 0 N–H and O–H groups in total. The van der Waals surface area contributed by atoms with Gasteiger partial charge in [0.1, 0.15) is 6.61 Å². The molecular weight excluding hydrogens is 252 g/mol. The average molecular weight is 270 g/mol. The van der Waals surface area contributed by atoms with E-state index >= 15 is 0 Å². The molecule has 0 aromatic carbocycles. The van der Waals surface area contributed by atoms with E-state index in [1.807, 2.05) is 6.07 Å². The Hall–Kier alpha value is -1.01. The zero-order valence-corrected chi connectivity index (χ0v) is 11.3.